The van der Waals surface area contributed by atoms with Crippen molar-refractivity contribution in [2.75, 3.05) is 0 Å². The summed E-state index contributed by atoms with van der Waals surface area (Å²) in [5.74, 6) is -0.239. The van der Waals surface area contributed by atoms with Gasteiger partial charge in [0.15, 0.2) is 0 Å². The molecule has 100 valence electrons. The molecular weight excluding hydrogens is 255 g/mol. The molecule has 1 N–H and O–H groups in total. The molecule has 0 saturated carbocycles. The Kier molecular flexibility index (Phi) is 3.76. The van der Waals surface area contributed by atoms with Crippen molar-refractivity contribution < 1.29 is 17.9 Å². The van der Waals surface area contributed by atoms with Gasteiger partial charge in [0.1, 0.15) is 5.75 Å². The maximum atomic E-state index is 12.3. The molecule has 2 aromatic rings. The minimum atomic E-state index is -4.72. The third kappa shape index (κ3) is 3.48. The molecule has 0 aliphatic heterocycles. The SMILES string of the molecule is [NH-]Cc1cccc(-c2ccccc2OC(F)(F)F)c1. The second kappa shape index (κ2) is 5.32. The fourth-order valence-corrected chi connectivity index (χ4v) is 1.77. The van der Waals surface area contributed by atoms with Crippen LogP contribution >= 0.6 is 0 Å². The van der Waals surface area contributed by atoms with Gasteiger partial charge in [0.05, 0.1) is 0 Å². The standard InChI is InChI=1S/C14H11F3NO/c15-14(16,17)19-13-7-2-1-6-12(13)11-5-3-4-10(8-11)9-18/h1-8,18H,9H2/q-1. The Balaban J connectivity index is 2.44. The van der Waals surface area contributed by atoms with Gasteiger partial charge >= 0.3 is 6.36 Å². The normalized spacial score (nSPS) is 11.4. The molecule has 0 atom stereocenters. The van der Waals surface area contributed by atoms with Crippen molar-refractivity contribution in [3.8, 4) is 16.9 Å². The van der Waals surface area contributed by atoms with Gasteiger partial charge in [-0.3, -0.25) is 0 Å². The number of ether oxygens (including phenoxy) is 1. The lowest BCUT2D eigenvalue weighted by molar-refractivity contribution is -0.274. The van der Waals surface area contributed by atoms with Crippen LogP contribution in [0, 0.1) is 0 Å². The number of para-hydroxylation sites is 1. The van der Waals surface area contributed by atoms with Crippen LogP contribution in [0.2, 0.25) is 0 Å². The topological polar surface area (TPSA) is 33.0 Å². The van der Waals surface area contributed by atoms with E-state index in [4.69, 9.17) is 5.73 Å². The van der Waals surface area contributed by atoms with Gasteiger partial charge in [-0.25, -0.2) is 0 Å². The molecule has 0 fully saturated rings. The van der Waals surface area contributed by atoms with Crippen LogP contribution in [-0.4, -0.2) is 6.36 Å². The largest absolute Gasteiger partial charge is 0.674 e. The predicted octanol–water partition coefficient (Wildman–Crippen LogP) is 4.80. The van der Waals surface area contributed by atoms with Crippen molar-refractivity contribution in [1.29, 1.82) is 0 Å². The minimum Gasteiger partial charge on any atom is -0.674 e. The number of alkyl halides is 3. The van der Waals surface area contributed by atoms with Crippen molar-refractivity contribution in [1.82, 2.24) is 0 Å². The van der Waals surface area contributed by atoms with Crippen LogP contribution in [0.4, 0.5) is 13.2 Å². The average Bonchev–Trinajstić information content (AvgIpc) is 2.37. The molecule has 2 nitrogen and oxygen atoms in total. The molecule has 19 heavy (non-hydrogen) atoms. The van der Waals surface area contributed by atoms with Crippen LogP contribution in [-0.2, 0) is 6.54 Å². The Morgan fingerprint density at radius 2 is 1.74 bits per heavy atom. The van der Waals surface area contributed by atoms with E-state index in [0.717, 1.165) is 5.56 Å². The second-order valence-corrected chi connectivity index (χ2v) is 3.92. The van der Waals surface area contributed by atoms with Gasteiger partial charge in [0, 0.05) is 5.56 Å². The summed E-state index contributed by atoms with van der Waals surface area (Å²) in [6.07, 6.45) is -4.72. The number of hydrogen-bond acceptors (Lipinski definition) is 1. The molecule has 0 aromatic heterocycles. The van der Waals surface area contributed by atoms with Crippen LogP contribution in [0.25, 0.3) is 16.9 Å². The number of nitrogens with one attached hydrogen (secondary N) is 1. The zero-order valence-corrected chi connectivity index (χ0v) is 9.87. The molecule has 0 heterocycles. The van der Waals surface area contributed by atoms with E-state index in [-0.39, 0.29) is 12.3 Å². The summed E-state index contributed by atoms with van der Waals surface area (Å²) in [6, 6.07) is 12.8. The summed E-state index contributed by atoms with van der Waals surface area (Å²) < 4.78 is 41.0. The zero-order valence-electron chi connectivity index (χ0n) is 9.87. The average molecular weight is 266 g/mol. The molecule has 0 bridgehead atoms. The van der Waals surface area contributed by atoms with Crippen LogP contribution in [0.5, 0.6) is 5.75 Å². The summed E-state index contributed by atoms with van der Waals surface area (Å²) in [5, 5.41) is 0. The molecule has 0 aliphatic rings. The Morgan fingerprint density at radius 3 is 2.42 bits per heavy atom. The molecule has 0 radical (unpaired) electrons. The van der Waals surface area contributed by atoms with E-state index in [0.29, 0.717) is 11.1 Å². The second-order valence-electron chi connectivity index (χ2n) is 3.92. The van der Waals surface area contributed by atoms with Gasteiger partial charge in [-0.2, -0.15) is 0 Å². The fourth-order valence-electron chi connectivity index (χ4n) is 1.77. The van der Waals surface area contributed by atoms with E-state index in [9.17, 15) is 13.2 Å². The predicted molar refractivity (Wildman–Crippen MR) is 66.6 cm³/mol. The molecule has 0 saturated heterocycles. The van der Waals surface area contributed by atoms with E-state index in [2.05, 4.69) is 4.74 Å². The van der Waals surface area contributed by atoms with E-state index in [1.54, 1.807) is 36.4 Å². The number of halogens is 3. The van der Waals surface area contributed by atoms with Crippen LogP contribution in [0.1, 0.15) is 5.56 Å². The third-order valence-corrected chi connectivity index (χ3v) is 2.55. The Hall–Kier alpha value is -2.01. The molecule has 0 spiro atoms. The smallest absolute Gasteiger partial charge is 0.573 e. The quantitative estimate of drug-likeness (QED) is 0.785. The molecule has 0 unspecified atom stereocenters. The molecule has 5 heteroatoms. The number of hydrogen-bond donors (Lipinski definition) is 0. The van der Waals surface area contributed by atoms with Crippen LogP contribution in [0.3, 0.4) is 0 Å². The van der Waals surface area contributed by atoms with E-state index in [1.807, 2.05) is 0 Å². The van der Waals surface area contributed by atoms with Gasteiger partial charge in [-0.15, -0.1) is 19.7 Å². The Bertz CT molecular complexity index is 567. The summed E-state index contributed by atoms with van der Waals surface area (Å²) in [4.78, 5) is 0. The van der Waals surface area contributed by atoms with Crippen molar-refractivity contribution in [2.24, 2.45) is 0 Å². The monoisotopic (exact) mass is 266 g/mol. The van der Waals surface area contributed by atoms with Gasteiger partial charge < -0.3 is 10.5 Å². The highest BCUT2D eigenvalue weighted by molar-refractivity contribution is 5.70. The van der Waals surface area contributed by atoms with E-state index >= 15 is 0 Å². The molecule has 2 rings (SSSR count). The van der Waals surface area contributed by atoms with Crippen molar-refractivity contribution >= 4 is 0 Å². The first-order chi connectivity index (χ1) is 8.99. The summed E-state index contributed by atoms with van der Waals surface area (Å²) in [7, 11) is 0. The molecular formula is C14H11F3NO-. The lowest BCUT2D eigenvalue weighted by atomic mass is 10.0. The van der Waals surface area contributed by atoms with Gasteiger partial charge in [0.25, 0.3) is 0 Å². The molecule has 0 aliphatic carbocycles. The van der Waals surface area contributed by atoms with Gasteiger partial charge in [-0.05, 0) is 11.6 Å². The van der Waals surface area contributed by atoms with Gasteiger partial charge in [0.2, 0.25) is 0 Å². The van der Waals surface area contributed by atoms with Gasteiger partial charge in [-0.1, -0.05) is 48.0 Å². The maximum Gasteiger partial charge on any atom is 0.573 e. The first kappa shape index (κ1) is 13.4. The highest BCUT2D eigenvalue weighted by Gasteiger charge is 2.32. The fraction of sp³-hybridized carbons (Fsp3) is 0.143. The van der Waals surface area contributed by atoms with Crippen molar-refractivity contribution in [2.45, 2.75) is 12.9 Å². The number of rotatable bonds is 3. The Labute approximate surface area is 108 Å². The lowest BCUT2D eigenvalue weighted by Crippen LogP contribution is -2.17. The van der Waals surface area contributed by atoms with E-state index < -0.39 is 6.36 Å². The first-order valence-corrected chi connectivity index (χ1v) is 5.58. The third-order valence-electron chi connectivity index (χ3n) is 2.55. The minimum absolute atomic E-state index is 0.0795. The van der Waals surface area contributed by atoms with Crippen LogP contribution < -0.4 is 4.74 Å². The maximum absolute atomic E-state index is 12.3. The van der Waals surface area contributed by atoms with Crippen LogP contribution in [0.15, 0.2) is 48.5 Å². The summed E-state index contributed by atoms with van der Waals surface area (Å²) in [6.45, 7) is 0.0795. The molecule has 0 amide bonds. The Morgan fingerprint density at radius 1 is 1.00 bits per heavy atom. The van der Waals surface area contributed by atoms with E-state index in [1.165, 1.54) is 12.1 Å². The molecule has 2 aromatic carbocycles. The van der Waals surface area contributed by atoms with Crippen molar-refractivity contribution in [3.05, 3.63) is 59.8 Å². The summed E-state index contributed by atoms with van der Waals surface area (Å²) >= 11 is 0. The lowest BCUT2D eigenvalue weighted by Gasteiger charge is -2.14. The summed E-state index contributed by atoms with van der Waals surface area (Å²) in [5.41, 5.74) is 8.98. The highest BCUT2D eigenvalue weighted by Crippen LogP contribution is 2.33. The zero-order chi connectivity index (χ0) is 13.9. The van der Waals surface area contributed by atoms with Crippen molar-refractivity contribution in [3.63, 3.8) is 0 Å². The first-order valence-electron chi connectivity index (χ1n) is 5.58. The number of benzene rings is 2. The highest BCUT2D eigenvalue weighted by atomic mass is 19.4.